The molecule has 0 amide bonds. The number of nitrogens with zero attached hydrogens (tertiary/aromatic N) is 3. The van der Waals surface area contributed by atoms with Crippen LogP contribution in [0.5, 0.6) is 0 Å². The molecule has 0 spiro atoms. The van der Waals surface area contributed by atoms with Crippen molar-refractivity contribution in [2.24, 2.45) is 0 Å². The van der Waals surface area contributed by atoms with Crippen molar-refractivity contribution in [1.82, 2.24) is 9.97 Å². The van der Waals surface area contributed by atoms with E-state index < -0.39 is 0 Å². The number of hydrogen-bond acceptors (Lipinski definition) is 4. The van der Waals surface area contributed by atoms with Gasteiger partial charge in [0, 0.05) is 25.2 Å². The van der Waals surface area contributed by atoms with Crippen molar-refractivity contribution >= 4 is 11.6 Å². The summed E-state index contributed by atoms with van der Waals surface area (Å²) in [5.41, 5.74) is 0. The minimum atomic E-state index is 0.660. The van der Waals surface area contributed by atoms with Crippen LogP contribution in [0.3, 0.4) is 0 Å². The third kappa shape index (κ3) is 3.12. The second-order valence-corrected chi connectivity index (χ2v) is 4.87. The highest BCUT2D eigenvalue weighted by atomic mass is 15.2. The van der Waals surface area contributed by atoms with Gasteiger partial charge in [0.05, 0.1) is 0 Å². The molecule has 0 aliphatic heterocycles. The molecule has 0 unspecified atom stereocenters. The summed E-state index contributed by atoms with van der Waals surface area (Å²) in [4.78, 5) is 11.1. The van der Waals surface area contributed by atoms with Crippen LogP contribution < -0.4 is 10.2 Å². The molecule has 100 valence electrons. The molecule has 0 saturated heterocycles. The molecular weight excluding hydrogens is 224 g/mol. The van der Waals surface area contributed by atoms with Gasteiger partial charge in [-0.25, -0.2) is 9.97 Å². The van der Waals surface area contributed by atoms with Crippen molar-refractivity contribution in [3.8, 4) is 0 Å². The smallest absolute Gasteiger partial charge is 0.134 e. The maximum atomic E-state index is 4.44. The molecule has 1 aromatic heterocycles. The van der Waals surface area contributed by atoms with Crippen LogP contribution in [0.25, 0.3) is 0 Å². The average molecular weight is 248 g/mol. The first-order chi connectivity index (χ1) is 8.85. The van der Waals surface area contributed by atoms with Gasteiger partial charge in [-0.05, 0) is 26.7 Å². The van der Waals surface area contributed by atoms with E-state index in [4.69, 9.17) is 0 Å². The predicted molar refractivity (Wildman–Crippen MR) is 76.1 cm³/mol. The van der Waals surface area contributed by atoms with Gasteiger partial charge in [-0.15, -0.1) is 0 Å². The van der Waals surface area contributed by atoms with E-state index in [-0.39, 0.29) is 0 Å². The summed E-state index contributed by atoms with van der Waals surface area (Å²) >= 11 is 0. The average Bonchev–Trinajstić information content (AvgIpc) is 2.42. The largest absolute Gasteiger partial charge is 0.370 e. The summed E-state index contributed by atoms with van der Waals surface area (Å²) in [6.07, 6.45) is 8.36. The predicted octanol–water partition coefficient (Wildman–Crippen LogP) is 3.07. The van der Waals surface area contributed by atoms with Gasteiger partial charge < -0.3 is 10.2 Å². The third-order valence-electron chi connectivity index (χ3n) is 3.66. The van der Waals surface area contributed by atoms with Crippen molar-refractivity contribution in [3.05, 3.63) is 12.4 Å². The van der Waals surface area contributed by atoms with Gasteiger partial charge in [0.2, 0.25) is 0 Å². The molecule has 18 heavy (non-hydrogen) atoms. The molecule has 1 heterocycles. The lowest BCUT2D eigenvalue weighted by Gasteiger charge is -2.34. The quantitative estimate of drug-likeness (QED) is 0.869. The van der Waals surface area contributed by atoms with Crippen molar-refractivity contribution in [2.45, 2.75) is 52.0 Å². The van der Waals surface area contributed by atoms with Crippen molar-refractivity contribution in [2.75, 3.05) is 23.3 Å². The first-order valence-electron chi connectivity index (χ1n) is 7.17. The van der Waals surface area contributed by atoms with Gasteiger partial charge in [-0.3, -0.25) is 0 Å². The van der Waals surface area contributed by atoms with E-state index in [1.54, 1.807) is 6.33 Å². The van der Waals surface area contributed by atoms with Crippen molar-refractivity contribution in [3.63, 3.8) is 0 Å². The van der Waals surface area contributed by atoms with Crippen LogP contribution in [0.1, 0.15) is 46.0 Å². The SMILES string of the molecule is CCNc1cc(N(CC)C2CCCCC2)ncn1. The zero-order valence-corrected chi connectivity index (χ0v) is 11.5. The van der Waals surface area contributed by atoms with Gasteiger partial charge in [0.25, 0.3) is 0 Å². The summed E-state index contributed by atoms with van der Waals surface area (Å²) in [6, 6.07) is 2.73. The molecule has 1 saturated carbocycles. The molecule has 0 bridgehead atoms. The minimum absolute atomic E-state index is 0.660. The fourth-order valence-corrected chi connectivity index (χ4v) is 2.78. The van der Waals surface area contributed by atoms with Gasteiger partial charge >= 0.3 is 0 Å². The summed E-state index contributed by atoms with van der Waals surface area (Å²) in [7, 11) is 0. The lowest BCUT2D eigenvalue weighted by atomic mass is 9.94. The van der Waals surface area contributed by atoms with Crippen LogP contribution in [-0.4, -0.2) is 29.1 Å². The van der Waals surface area contributed by atoms with E-state index >= 15 is 0 Å². The topological polar surface area (TPSA) is 41.0 Å². The summed E-state index contributed by atoms with van der Waals surface area (Å²) in [5.74, 6) is 1.99. The monoisotopic (exact) mass is 248 g/mol. The number of aromatic nitrogens is 2. The maximum Gasteiger partial charge on any atom is 0.134 e. The second kappa shape index (κ2) is 6.57. The van der Waals surface area contributed by atoms with Crippen LogP contribution in [-0.2, 0) is 0 Å². The molecule has 0 atom stereocenters. The highest BCUT2D eigenvalue weighted by molar-refractivity contribution is 5.49. The molecule has 2 rings (SSSR count). The standard InChI is InChI=1S/C14H24N4/c1-3-15-13-10-14(17-11-16-13)18(4-2)12-8-6-5-7-9-12/h10-12H,3-9H2,1-2H3,(H,15,16,17). The Balaban J connectivity index is 2.12. The van der Waals surface area contributed by atoms with Crippen molar-refractivity contribution in [1.29, 1.82) is 0 Å². The number of anilines is 2. The second-order valence-electron chi connectivity index (χ2n) is 4.87. The lowest BCUT2D eigenvalue weighted by Crippen LogP contribution is -2.37. The molecule has 4 heteroatoms. The van der Waals surface area contributed by atoms with Gasteiger partial charge in [0.1, 0.15) is 18.0 Å². The lowest BCUT2D eigenvalue weighted by molar-refractivity contribution is 0.416. The summed E-state index contributed by atoms with van der Waals surface area (Å²) in [6.45, 7) is 6.21. The van der Waals surface area contributed by atoms with Gasteiger partial charge in [-0.2, -0.15) is 0 Å². The molecule has 4 nitrogen and oxygen atoms in total. The molecule has 1 aliphatic rings. The Bertz CT molecular complexity index is 361. The number of rotatable bonds is 5. The fourth-order valence-electron chi connectivity index (χ4n) is 2.78. The Hall–Kier alpha value is -1.32. The molecular formula is C14H24N4. The van der Waals surface area contributed by atoms with Crippen LogP contribution >= 0.6 is 0 Å². The highest BCUT2D eigenvalue weighted by Crippen LogP contribution is 2.26. The van der Waals surface area contributed by atoms with E-state index in [1.807, 2.05) is 0 Å². The zero-order chi connectivity index (χ0) is 12.8. The molecule has 0 radical (unpaired) electrons. The van der Waals surface area contributed by atoms with E-state index in [0.717, 1.165) is 24.7 Å². The molecule has 1 N–H and O–H groups in total. The Morgan fingerprint density at radius 1 is 1.22 bits per heavy atom. The Morgan fingerprint density at radius 3 is 2.67 bits per heavy atom. The van der Waals surface area contributed by atoms with E-state index in [9.17, 15) is 0 Å². The Kier molecular flexibility index (Phi) is 4.79. The first kappa shape index (κ1) is 13.1. The fraction of sp³-hybridized carbons (Fsp3) is 0.714. The Morgan fingerprint density at radius 2 is 2.00 bits per heavy atom. The minimum Gasteiger partial charge on any atom is -0.370 e. The summed E-state index contributed by atoms with van der Waals surface area (Å²) in [5, 5.41) is 3.25. The molecule has 1 aromatic rings. The summed E-state index contributed by atoms with van der Waals surface area (Å²) < 4.78 is 0. The zero-order valence-electron chi connectivity index (χ0n) is 11.5. The van der Waals surface area contributed by atoms with Crippen molar-refractivity contribution < 1.29 is 0 Å². The Labute approximate surface area is 110 Å². The van der Waals surface area contributed by atoms with E-state index in [2.05, 4.69) is 40.1 Å². The van der Waals surface area contributed by atoms with Gasteiger partial charge in [-0.1, -0.05) is 19.3 Å². The van der Waals surface area contributed by atoms with Gasteiger partial charge in [0.15, 0.2) is 0 Å². The molecule has 1 aliphatic carbocycles. The first-order valence-corrected chi connectivity index (χ1v) is 7.17. The third-order valence-corrected chi connectivity index (χ3v) is 3.66. The maximum absolute atomic E-state index is 4.44. The number of nitrogens with one attached hydrogen (secondary N) is 1. The number of hydrogen-bond donors (Lipinski definition) is 1. The normalized spacial score (nSPS) is 16.6. The van der Waals surface area contributed by atoms with Crippen LogP contribution in [0.2, 0.25) is 0 Å². The molecule has 0 aromatic carbocycles. The van der Waals surface area contributed by atoms with Crippen LogP contribution in [0, 0.1) is 0 Å². The van der Waals surface area contributed by atoms with Crippen LogP contribution in [0.4, 0.5) is 11.6 Å². The van der Waals surface area contributed by atoms with E-state index in [0.29, 0.717) is 6.04 Å². The van der Waals surface area contributed by atoms with Crippen LogP contribution in [0.15, 0.2) is 12.4 Å². The van der Waals surface area contributed by atoms with E-state index in [1.165, 1.54) is 32.1 Å². The molecule has 1 fully saturated rings. The highest BCUT2D eigenvalue weighted by Gasteiger charge is 2.21.